The molecule has 0 aliphatic heterocycles. The Hall–Kier alpha value is -1.87. The van der Waals surface area contributed by atoms with Crippen molar-refractivity contribution in [3.8, 4) is 0 Å². The molecule has 0 saturated carbocycles. The number of hydrogen-bond acceptors (Lipinski definition) is 4. The number of aromatic nitrogens is 1. The minimum Gasteiger partial charge on any atom is -0.439 e. The molecule has 1 heterocycles. The summed E-state index contributed by atoms with van der Waals surface area (Å²) < 4.78 is 68.3. The van der Waals surface area contributed by atoms with E-state index < -0.39 is 33.4 Å². The lowest BCUT2D eigenvalue weighted by molar-refractivity contribution is -0.153. The van der Waals surface area contributed by atoms with Crippen LogP contribution in [0.2, 0.25) is 0 Å². The van der Waals surface area contributed by atoms with E-state index in [9.17, 15) is 21.6 Å². The van der Waals surface area contributed by atoms with Crippen LogP contribution in [0.15, 0.2) is 35.1 Å². The van der Waals surface area contributed by atoms with Gasteiger partial charge in [0.15, 0.2) is 6.39 Å². The van der Waals surface area contributed by atoms with Gasteiger partial charge in [-0.1, -0.05) is 31.2 Å². The first kappa shape index (κ1) is 18.5. The number of halogens is 3. The Balaban J connectivity index is 1.93. The highest BCUT2D eigenvalue weighted by molar-refractivity contribution is 7.88. The summed E-state index contributed by atoms with van der Waals surface area (Å²) in [6.45, 7) is 2.12. The van der Waals surface area contributed by atoms with E-state index in [0.29, 0.717) is 12.8 Å². The summed E-state index contributed by atoms with van der Waals surface area (Å²) in [5, 5.41) is 0. The Morgan fingerprint density at radius 1 is 1.17 bits per heavy atom. The number of sulfonamides is 1. The fraction of sp³-hybridized carbons (Fsp3) is 0.400. The van der Waals surface area contributed by atoms with Crippen LogP contribution in [-0.4, -0.2) is 19.9 Å². The molecule has 0 fully saturated rings. The van der Waals surface area contributed by atoms with Crippen molar-refractivity contribution in [1.29, 1.82) is 0 Å². The molecule has 24 heavy (non-hydrogen) atoms. The predicted molar refractivity (Wildman–Crippen MR) is 81.7 cm³/mol. The van der Waals surface area contributed by atoms with Crippen LogP contribution in [0.4, 0.5) is 13.2 Å². The van der Waals surface area contributed by atoms with Gasteiger partial charge in [-0.2, -0.15) is 13.2 Å². The standard InChI is InChI=1S/C15H17F3N2O3S/c1-2-11-3-5-12(6-4-11)7-8-20-24(21,22)9-13-14(15(16,17)18)23-10-19-13/h3-6,10,20H,2,7-9H2,1H3. The van der Waals surface area contributed by atoms with Crippen LogP contribution >= 0.6 is 0 Å². The highest BCUT2D eigenvalue weighted by Crippen LogP contribution is 2.32. The number of benzene rings is 1. The zero-order chi connectivity index (χ0) is 17.8. The minimum atomic E-state index is -4.78. The molecule has 1 N–H and O–H groups in total. The summed E-state index contributed by atoms with van der Waals surface area (Å²) in [5.41, 5.74) is 1.46. The number of hydrogen-bond donors (Lipinski definition) is 1. The highest BCUT2D eigenvalue weighted by Gasteiger charge is 2.39. The van der Waals surface area contributed by atoms with Crippen molar-refractivity contribution in [2.45, 2.75) is 31.7 Å². The van der Waals surface area contributed by atoms with E-state index >= 15 is 0 Å². The normalized spacial score (nSPS) is 12.5. The number of rotatable bonds is 7. The molecule has 132 valence electrons. The molecule has 0 aliphatic rings. The molecule has 0 radical (unpaired) electrons. The van der Waals surface area contributed by atoms with Crippen LogP contribution in [0.5, 0.6) is 0 Å². The van der Waals surface area contributed by atoms with Crippen LogP contribution in [0, 0.1) is 0 Å². The molecule has 2 rings (SSSR count). The van der Waals surface area contributed by atoms with Crippen LogP contribution < -0.4 is 4.72 Å². The molecule has 1 aromatic carbocycles. The number of alkyl halides is 3. The highest BCUT2D eigenvalue weighted by atomic mass is 32.2. The Labute approximate surface area is 137 Å². The average Bonchev–Trinajstić information content (AvgIpc) is 2.95. The lowest BCUT2D eigenvalue weighted by atomic mass is 10.1. The number of aryl methyl sites for hydroxylation is 1. The van der Waals surface area contributed by atoms with Gasteiger partial charge in [0.05, 0.1) is 0 Å². The van der Waals surface area contributed by atoms with E-state index in [1.807, 2.05) is 31.2 Å². The van der Waals surface area contributed by atoms with Crippen LogP contribution in [0.3, 0.4) is 0 Å². The second-order valence-electron chi connectivity index (χ2n) is 5.20. The van der Waals surface area contributed by atoms with Crippen molar-refractivity contribution in [2.24, 2.45) is 0 Å². The summed E-state index contributed by atoms with van der Waals surface area (Å²) in [7, 11) is -3.94. The van der Waals surface area contributed by atoms with Gasteiger partial charge < -0.3 is 4.42 Å². The van der Waals surface area contributed by atoms with E-state index in [0.717, 1.165) is 12.0 Å². The molecule has 0 spiro atoms. The Kier molecular flexibility index (Phi) is 5.66. The Morgan fingerprint density at radius 3 is 2.38 bits per heavy atom. The SMILES string of the molecule is CCc1ccc(CCNS(=O)(=O)Cc2ncoc2C(F)(F)F)cc1. The number of nitrogens with one attached hydrogen (secondary N) is 1. The average molecular weight is 362 g/mol. The molecule has 0 amide bonds. The third kappa shape index (κ3) is 5.07. The van der Waals surface area contributed by atoms with Gasteiger partial charge >= 0.3 is 6.18 Å². The fourth-order valence-electron chi connectivity index (χ4n) is 2.13. The Bertz CT molecular complexity index is 768. The molecular formula is C15H17F3N2O3S. The topological polar surface area (TPSA) is 72.2 Å². The van der Waals surface area contributed by atoms with Crippen molar-refractivity contribution in [1.82, 2.24) is 9.71 Å². The number of nitrogens with zero attached hydrogens (tertiary/aromatic N) is 1. The van der Waals surface area contributed by atoms with Gasteiger partial charge in [0.1, 0.15) is 11.4 Å². The Morgan fingerprint density at radius 2 is 1.79 bits per heavy atom. The quantitative estimate of drug-likeness (QED) is 0.822. The second kappa shape index (κ2) is 7.35. The van der Waals surface area contributed by atoms with Gasteiger partial charge in [0.25, 0.3) is 0 Å². The summed E-state index contributed by atoms with van der Waals surface area (Å²) in [6.07, 6.45) is -2.84. The van der Waals surface area contributed by atoms with Crippen molar-refractivity contribution in [3.05, 3.63) is 53.2 Å². The van der Waals surface area contributed by atoms with Crippen molar-refractivity contribution in [3.63, 3.8) is 0 Å². The summed E-state index contributed by atoms with van der Waals surface area (Å²) >= 11 is 0. The number of oxazole rings is 1. The van der Waals surface area contributed by atoms with Gasteiger partial charge in [-0.25, -0.2) is 18.1 Å². The van der Waals surface area contributed by atoms with E-state index in [1.165, 1.54) is 5.56 Å². The maximum absolute atomic E-state index is 12.6. The zero-order valence-electron chi connectivity index (χ0n) is 12.9. The van der Waals surface area contributed by atoms with Crippen molar-refractivity contribution >= 4 is 10.0 Å². The molecular weight excluding hydrogens is 345 g/mol. The lowest BCUT2D eigenvalue weighted by Crippen LogP contribution is -2.28. The molecule has 0 unspecified atom stereocenters. The zero-order valence-corrected chi connectivity index (χ0v) is 13.7. The summed E-state index contributed by atoms with van der Waals surface area (Å²) in [5.74, 6) is -2.27. The molecule has 9 heteroatoms. The molecule has 0 saturated heterocycles. The van der Waals surface area contributed by atoms with Crippen molar-refractivity contribution in [2.75, 3.05) is 6.54 Å². The molecule has 0 atom stereocenters. The fourth-order valence-corrected chi connectivity index (χ4v) is 3.21. The molecule has 5 nitrogen and oxygen atoms in total. The van der Waals surface area contributed by atoms with Gasteiger partial charge in [-0.3, -0.25) is 0 Å². The van der Waals surface area contributed by atoms with Gasteiger partial charge in [0, 0.05) is 6.54 Å². The van der Waals surface area contributed by atoms with Gasteiger partial charge in [-0.15, -0.1) is 0 Å². The van der Waals surface area contributed by atoms with E-state index in [2.05, 4.69) is 14.1 Å². The predicted octanol–water partition coefficient (Wildman–Crippen LogP) is 2.92. The second-order valence-corrected chi connectivity index (χ2v) is 7.01. The summed E-state index contributed by atoms with van der Waals surface area (Å²) in [6, 6.07) is 7.70. The van der Waals surface area contributed by atoms with Gasteiger partial charge in [-0.05, 0) is 24.0 Å². The van der Waals surface area contributed by atoms with E-state index in [1.54, 1.807) is 0 Å². The maximum Gasteiger partial charge on any atom is 0.451 e. The van der Waals surface area contributed by atoms with Crippen LogP contribution in [0.25, 0.3) is 0 Å². The monoisotopic (exact) mass is 362 g/mol. The van der Waals surface area contributed by atoms with E-state index in [-0.39, 0.29) is 6.54 Å². The maximum atomic E-state index is 12.6. The first-order valence-corrected chi connectivity index (χ1v) is 8.91. The summed E-state index contributed by atoms with van der Waals surface area (Å²) in [4.78, 5) is 3.35. The molecule has 0 bridgehead atoms. The van der Waals surface area contributed by atoms with Crippen LogP contribution in [0.1, 0.15) is 29.5 Å². The minimum absolute atomic E-state index is 0.0903. The third-order valence-electron chi connectivity index (χ3n) is 3.39. The van der Waals surface area contributed by atoms with Crippen LogP contribution in [-0.2, 0) is 34.8 Å². The smallest absolute Gasteiger partial charge is 0.439 e. The van der Waals surface area contributed by atoms with Crippen molar-refractivity contribution < 1.29 is 26.0 Å². The largest absolute Gasteiger partial charge is 0.451 e. The lowest BCUT2D eigenvalue weighted by Gasteiger charge is -2.08. The first-order chi connectivity index (χ1) is 11.2. The molecule has 2 aromatic rings. The van der Waals surface area contributed by atoms with Gasteiger partial charge in [0.2, 0.25) is 15.8 Å². The molecule has 0 aliphatic carbocycles. The first-order valence-electron chi connectivity index (χ1n) is 7.26. The third-order valence-corrected chi connectivity index (χ3v) is 4.69. The molecule has 1 aromatic heterocycles. The van der Waals surface area contributed by atoms with E-state index in [4.69, 9.17) is 0 Å².